The fourth-order valence-electron chi connectivity index (χ4n) is 2.30. The van der Waals surface area contributed by atoms with Crippen molar-refractivity contribution in [3.05, 3.63) is 32.7 Å². The van der Waals surface area contributed by atoms with E-state index in [-0.39, 0.29) is 29.9 Å². The number of hydrogen-bond acceptors (Lipinski definition) is 3. The van der Waals surface area contributed by atoms with Crippen molar-refractivity contribution in [3.63, 3.8) is 0 Å². The molecule has 19 heavy (non-hydrogen) atoms. The van der Waals surface area contributed by atoms with Gasteiger partial charge in [0, 0.05) is 25.3 Å². The summed E-state index contributed by atoms with van der Waals surface area (Å²) in [5, 5.41) is 3.11. The number of aromatic nitrogens is 1. The van der Waals surface area contributed by atoms with E-state index >= 15 is 0 Å². The van der Waals surface area contributed by atoms with E-state index in [1.807, 2.05) is 11.9 Å². The number of carbonyl (C=O) groups excluding carboxylic acids is 1. The van der Waals surface area contributed by atoms with Crippen LogP contribution in [-0.4, -0.2) is 42.0 Å². The number of rotatable bonds is 3. The number of pyridine rings is 1. The molecule has 1 atom stereocenters. The van der Waals surface area contributed by atoms with E-state index < -0.39 is 0 Å². The number of aromatic amines is 1. The Bertz CT molecular complexity index is 506. The van der Waals surface area contributed by atoms with Gasteiger partial charge in [-0.3, -0.25) is 9.59 Å². The fraction of sp³-hybridized carbons (Fsp3) is 0.500. The molecule has 1 aromatic rings. The highest BCUT2D eigenvalue weighted by atomic mass is 79.9. The normalized spacial score (nSPS) is 18.2. The van der Waals surface area contributed by atoms with Gasteiger partial charge in [-0.15, -0.1) is 12.4 Å². The lowest BCUT2D eigenvalue weighted by Gasteiger charge is -2.24. The SMILES string of the molecule is CNCC1CCCN1C(=O)c1c[nH]c(=O)c(Br)c1.Cl. The lowest BCUT2D eigenvalue weighted by Crippen LogP contribution is -2.41. The quantitative estimate of drug-likeness (QED) is 0.866. The predicted molar refractivity (Wildman–Crippen MR) is 80.0 cm³/mol. The van der Waals surface area contributed by atoms with Crippen molar-refractivity contribution in [3.8, 4) is 0 Å². The summed E-state index contributed by atoms with van der Waals surface area (Å²) in [7, 11) is 1.89. The van der Waals surface area contributed by atoms with Crippen LogP contribution in [0, 0.1) is 0 Å². The molecule has 2 rings (SSSR count). The second kappa shape index (κ2) is 7.07. The third-order valence-electron chi connectivity index (χ3n) is 3.18. The maximum absolute atomic E-state index is 12.4. The Labute approximate surface area is 126 Å². The second-order valence-electron chi connectivity index (χ2n) is 4.42. The molecule has 0 radical (unpaired) electrons. The molecule has 0 aromatic carbocycles. The van der Waals surface area contributed by atoms with Crippen LogP contribution in [0.2, 0.25) is 0 Å². The minimum atomic E-state index is -0.222. The third-order valence-corrected chi connectivity index (χ3v) is 3.77. The largest absolute Gasteiger partial charge is 0.334 e. The number of carbonyl (C=O) groups is 1. The molecule has 0 aliphatic carbocycles. The van der Waals surface area contributed by atoms with Crippen LogP contribution in [0.15, 0.2) is 21.5 Å². The summed E-state index contributed by atoms with van der Waals surface area (Å²) in [5.41, 5.74) is 0.296. The number of nitrogens with one attached hydrogen (secondary N) is 2. The molecule has 1 amide bonds. The molecule has 1 saturated heterocycles. The standard InChI is InChI=1S/C12H16BrN3O2.ClH/c1-14-7-9-3-2-4-16(9)12(18)8-5-10(13)11(17)15-6-8;/h5-6,9,14H,2-4,7H2,1H3,(H,15,17);1H. The number of hydrogen-bond donors (Lipinski definition) is 2. The van der Waals surface area contributed by atoms with Gasteiger partial charge in [0.05, 0.1) is 10.0 Å². The van der Waals surface area contributed by atoms with Crippen LogP contribution in [0.1, 0.15) is 23.2 Å². The van der Waals surface area contributed by atoms with Gasteiger partial charge < -0.3 is 15.2 Å². The molecule has 0 saturated carbocycles. The Hall–Kier alpha value is -0.850. The van der Waals surface area contributed by atoms with Gasteiger partial charge in [-0.2, -0.15) is 0 Å². The van der Waals surface area contributed by atoms with E-state index in [4.69, 9.17) is 0 Å². The van der Waals surface area contributed by atoms with Crippen LogP contribution in [0.5, 0.6) is 0 Å². The van der Waals surface area contributed by atoms with Crippen LogP contribution in [0.3, 0.4) is 0 Å². The van der Waals surface area contributed by atoms with Gasteiger partial charge >= 0.3 is 0 Å². The van der Waals surface area contributed by atoms with Crippen LogP contribution in [0.4, 0.5) is 0 Å². The molecular weight excluding hydrogens is 334 g/mol. The van der Waals surface area contributed by atoms with Gasteiger partial charge in [0.2, 0.25) is 0 Å². The summed E-state index contributed by atoms with van der Waals surface area (Å²) in [4.78, 5) is 28.0. The minimum Gasteiger partial charge on any atom is -0.334 e. The topological polar surface area (TPSA) is 65.2 Å². The smallest absolute Gasteiger partial charge is 0.262 e. The highest BCUT2D eigenvalue weighted by Crippen LogP contribution is 2.19. The average Bonchev–Trinajstić information content (AvgIpc) is 2.80. The Balaban J connectivity index is 0.00000180. The van der Waals surface area contributed by atoms with Crippen molar-refractivity contribution in [2.45, 2.75) is 18.9 Å². The van der Waals surface area contributed by atoms with Crippen LogP contribution in [-0.2, 0) is 0 Å². The van der Waals surface area contributed by atoms with Gasteiger partial charge in [-0.1, -0.05) is 0 Å². The molecule has 2 heterocycles. The Morgan fingerprint density at radius 1 is 1.63 bits per heavy atom. The first kappa shape index (κ1) is 16.2. The van der Waals surface area contributed by atoms with Gasteiger partial charge in [-0.05, 0) is 41.9 Å². The zero-order valence-electron chi connectivity index (χ0n) is 10.6. The minimum absolute atomic E-state index is 0. The third kappa shape index (κ3) is 3.58. The van der Waals surface area contributed by atoms with E-state index in [0.29, 0.717) is 10.0 Å². The van der Waals surface area contributed by atoms with Gasteiger partial charge in [0.1, 0.15) is 0 Å². The first-order valence-corrected chi connectivity index (χ1v) is 6.76. The lowest BCUT2D eigenvalue weighted by molar-refractivity contribution is 0.0736. The zero-order chi connectivity index (χ0) is 13.1. The Kier molecular flexibility index (Phi) is 6.03. The van der Waals surface area contributed by atoms with Crippen molar-refractivity contribution < 1.29 is 4.79 Å². The maximum Gasteiger partial charge on any atom is 0.262 e. The van der Waals surface area contributed by atoms with Crippen molar-refractivity contribution >= 4 is 34.2 Å². The molecule has 106 valence electrons. The maximum atomic E-state index is 12.4. The van der Waals surface area contributed by atoms with E-state index in [1.54, 1.807) is 6.07 Å². The summed E-state index contributed by atoms with van der Waals surface area (Å²) in [6.07, 6.45) is 3.53. The summed E-state index contributed by atoms with van der Waals surface area (Å²) in [5.74, 6) is -0.0234. The Morgan fingerprint density at radius 3 is 3.00 bits per heavy atom. The zero-order valence-corrected chi connectivity index (χ0v) is 13.0. The van der Waals surface area contributed by atoms with E-state index in [1.165, 1.54) is 6.20 Å². The molecule has 1 unspecified atom stereocenters. The molecule has 1 aliphatic heterocycles. The summed E-state index contributed by atoms with van der Waals surface area (Å²) in [6.45, 7) is 1.58. The van der Waals surface area contributed by atoms with E-state index in [2.05, 4.69) is 26.2 Å². The molecule has 1 aliphatic rings. The van der Waals surface area contributed by atoms with Crippen molar-refractivity contribution in [2.75, 3.05) is 20.1 Å². The number of nitrogens with zero attached hydrogens (tertiary/aromatic N) is 1. The first-order valence-electron chi connectivity index (χ1n) is 5.97. The number of H-pyrrole nitrogens is 1. The number of amides is 1. The predicted octanol–water partition coefficient (Wildman–Crippen LogP) is 1.38. The van der Waals surface area contributed by atoms with Crippen molar-refractivity contribution in [2.24, 2.45) is 0 Å². The number of halogens is 2. The summed E-state index contributed by atoms with van der Waals surface area (Å²) >= 11 is 3.14. The molecule has 0 bridgehead atoms. The van der Waals surface area contributed by atoms with Gasteiger partial charge in [0.25, 0.3) is 11.5 Å². The molecular formula is C12H17BrClN3O2. The van der Waals surface area contributed by atoms with Crippen LogP contribution in [0.25, 0.3) is 0 Å². The highest BCUT2D eigenvalue weighted by Gasteiger charge is 2.28. The lowest BCUT2D eigenvalue weighted by atomic mass is 10.2. The monoisotopic (exact) mass is 349 g/mol. The second-order valence-corrected chi connectivity index (χ2v) is 5.27. The fourth-order valence-corrected chi connectivity index (χ4v) is 2.66. The molecule has 7 heteroatoms. The molecule has 1 fully saturated rings. The van der Waals surface area contributed by atoms with E-state index in [0.717, 1.165) is 25.9 Å². The van der Waals surface area contributed by atoms with Crippen LogP contribution >= 0.6 is 28.3 Å². The molecule has 2 N–H and O–H groups in total. The van der Waals surface area contributed by atoms with E-state index in [9.17, 15) is 9.59 Å². The summed E-state index contributed by atoms with van der Waals surface area (Å²) in [6, 6.07) is 1.82. The van der Waals surface area contributed by atoms with Gasteiger partial charge in [-0.25, -0.2) is 0 Å². The summed E-state index contributed by atoms with van der Waals surface area (Å²) < 4.78 is 0.387. The van der Waals surface area contributed by atoms with Gasteiger partial charge in [0.15, 0.2) is 0 Å². The number of likely N-dealkylation sites (tertiary alicyclic amines) is 1. The first-order chi connectivity index (χ1) is 8.63. The van der Waals surface area contributed by atoms with Crippen molar-refractivity contribution in [1.82, 2.24) is 15.2 Å². The average molecular weight is 351 g/mol. The molecule has 0 spiro atoms. The van der Waals surface area contributed by atoms with Crippen LogP contribution < -0.4 is 10.9 Å². The molecule has 5 nitrogen and oxygen atoms in total. The number of likely N-dealkylation sites (N-methyl/N-ethyl adjacent to an activating group) is 1. The Morgan fingerprint density at radius 2 is 2.37 bits per heavy atom. The highest BCUT2D eigenvalue weighted by molar-refractivity contribution is 9.10. The van der Waals surface area contributed by atoms with Crippen molar-refractivity contribution in [1.29, 1.82) is 0 Å². The molecule has 1 aromatic heterocycles.